The van der Waals surface area contributed by atoms with Crippen LogP contribution in [-0.4, -0.2) is 67.9 Å². The van der Waals surface area contributed by atoms with Crippen molar-refractivity contribution >= 4 is 15.7 Å². The number of piperazine rings is 1. The predicted molar refractivity (Wildman–Crippen MR) is 94.2 cm³/mol. The minimum Gasteiger partial charge on any atom is -0.314 e. The van der Waals surface area contributed by atoms with Crippen LogP contribution in [0.3, 0.4) is 0 Å². The lowest BCUT2D eigenvalue weighted by molar-refractivity contribution is -0.387. The zero-order chi connectivity index (χ0) is 18.2. The molecule has 9 heteroatoms. The SMILES string of the molecule is Cc1cc([N+](=O)[O-])c(S(=O)(=O)N2CCC(N3CCNCC3)C2)cc1C. The monoisotopic (exact) mass is 368 g/mol. The van der Waals surface area contributed by atoms with Gasteiger partial charge in [0.2, 0.25) is 10.0 Å². The van der Waals surface area contributed by atoms with E-state index in [-0.39, 0.29) is 16.6 Å². The van der Waals surface area contributed by atoms with Gasteiger partial charge >= 0.3 is 0 Å². The van der Waals surface area contributed by atoms with E-state index in [1.165, 1.54) is 16.4 Å². The van der Waals surface area contributed by atoms with Gasteiger partial charge in [0, 0.05) is 51.4 Å². The highest BCUT2D eigenvalue weighted by molar-refractivity contribution is 7.89. The summed E-state index contributed by atoms with van der Waals surface area (Å²) in [5.74, 6) is 0. The van der Waals surface area contributed by atoms with Gasteiger partial charge in [-0.25, -0.2) is 8.42 Å². The number of sulfonamides is 1. The first-order chi connectivity index (χ1) is 11.8. The summed E-state index contributed by atoms with van der Waals surface area (Å²) in [4.78, 5) is 12.9. The number of nitrogens with zero attached hydrogens (tertiary/aromatic N) is 3. The van der Waals surface area contributed by atoms with Gasteiger partial charge in [-0.1, -0.05) is 0 Å². The third-order valence-electron chi connectivity index (χ3n) is 5.18. The van der Waals surface area contributed by atoms with E-state index in [0.29, 0.717) is 18.7 Å². The van der Waals surface area contributed by atoms with Crippen molar-refractivity contribution in [1.29, 1.82) is 0 Å². The van der Waals surface area contributed by atoms with Gasteiger partial charge < -0.3 is 5.32 Å². The normalized spacial score (nSPS) is 23.0. The Morgan fingerprint density at radius 3 is 2.44 bits per heavy atom. The van der Waals surface area contributed by atoms with Crippen molar-refractivity contribution in [3.8, 4) is 0 Å². The van der Waals surface area contributed by atoms with E-state index in [2.05, 4.69) is 10.2 Å². The van der Waals surface area contributed by atoms with Crippen molar-refractivity contribution < 1.29 is 13.3 Å². The second kappa shape index (κ2) is 6.99. The minimum atomic E-state index is -3.88. The Hall–Kier alpha value is -1.55. The van der Waals surface area contributed by atoms with Crippen LogP contribution in [-0.2, 0) is 10.0 Å². The van der Waals surface area contributed by atoms with Crippen LogP contribution >= 0.6 is 0 Å². The largest absolute Gasteiger partial charge is 0.314 e. The highest BCUT2D eigenvalue weighted by atomic mass is 32.2. The third kappa shape index (κ3) is 3.55. The molecule has 0 spiro atoms. The predicted octanol–water partition coefficient (Wildman–Crippen LogP) is 0.880. The highest BCUT2D eigenvalue weighted by Crippen LogP contribution is 2.32. The molecule has 1 N–H and O–H groups in total. The fourth-order valence-corrected chi connectivity index (χ4v) is 5.25. The number of hydrogen-bond acceptors (Lipinski definition) is 6. The second-order valence-electron chi connectivity index (χ2n) is 6.75. The van der Waals surface area contributed by atoms with Crippen molar-refractivity contribution in [2.45, 2.75) is 31.2 Å². The van der Waals surface area contributed by atoms with Crippen molar-refractivity contribution in [2.75, 3.05) is 39.3 Å². The standard InChI is InChI=1S/C16H24N4O4S/c1-12-9-15(20(21)22)16(10-13(12)2)25(23,24)19-6-3-14(11-19)18-7-4-17-5-8-18/h9-10,14,17H,3-8,11H2,1-2H3. The summed E-state index contributed by atoms with van der Waals surface area (Å²) in [6.45, 7) is 7.94. The molecule has 0 bridgehead atoms. The van der Waals surface area contributed by atoms with E-state index >= 15 is 0 Å². The summed E-state index contributed by atoms with van der Waals surface area (Å²) in [5.41, 5.74) is 1.11. The molecule has 1 aromatic rings. The smallest absolute Gasteiger partial charge is 0.289 e. The van der Waals surface area contributed by atoms with E-state index < -0.39 is 14.9 Å². The Labute approximate surface area is 148 Å². The Morgan fingerprint density at radius 2 is 1.80 bits per heavy atom. The average molecular weight is 368 g/mol. The first-order valence-corrected chi connectivity index (χ1v) is 9.95. The first-order valence-electron chi connectivity index (χ1n) is 8.51. The van der Waals surface area contributed by atoms with Gasteiger partial charge in [0.25, 0.3) is 5.69 Å². The molecule has 1 atom stereocenters. The van der Waals surface area contributed by atoms with Gasteiger partial charge in [0.1, 0.15) is 0 Å². The second-order valence-corrected chi connectivity index (χ2v) is 8.66. The molecule has 2 aliphatic rings. The molecule has 8 nitrogen and oxygen atoms in total. The zero-order valence-electron chi connectivity index (χ0n) is 14.6. The number of aryl methyl sites for hydroxylation is 2. The van der Waals surface area contributed by atoms with Crippen molar-refractivity contribution in [2.24, 2.45) is 0 Å². The molecule has 2 saturated heterocycles. The Bertz CT molecular complexity index is 775. The number of hydrogen-bond donors (Lipinski definition) is 1. The highest BCUT2D eigenvalue weighted by Gasteiger charge is 2.38. The van der Waals surface area contributed by atoms with Gasteiger partial charge in [0.15, 0.2) is 4.90 Å². The maximum absolute atomic E-state index is 13.0. The summed E-state index contributed by atoms with van der Waals surface area (Å²) in [6.07, 6.45) is 0.762. The molecule has 138 valence electrons. The molecule has 2 heterocycles. The van der Waals surface area contributed by atoms with E-state index in [4.69, 9.17) is 0 Å². The van der Waals surface area contributed by atoms with Crippen LogP contribution in [0.4, 0.5) is 5.69 Å². The molecule has 25 heavy (non-hydrogen) atoms. The Kier molecular flexibility index (Phi) is 5.10. The summed E-state index contributed by atoms with van der Waals surface area (Å²) >= 11 is 0. The molecule has 0 aliphatic carbocycles. The number of nitro benzene ring substituents is 1. The minimum absolute atomic E-state index is 0.183. The van der Waals surface area contributed by atoms with Crippen LogP contribution in [0.1, 0.15) is 17.5 Å². The molecule has 1 aromatic carbocycles. The number of nitrogens with one attached hydrogen (secondary N) is 1. The molecule has 0 amide bonds. The van der Waals surface area contributed by atoms with Crippen LogP contribution in [0.2, 0.25) is 0 Å². The van der Waals surface area contributed by atoms with Crippen LogP contribution < -0.4 is 5.32 Å². The summed E-state index contributed by atoms with van der Waals surface area (Å²) < 4.78 is 27.5. The van der Waals surface area contributed by atoms with E-state index in [0.717, 1.165) is 38.2 Å². The maximum atomic E-state index is 13.0. The van der Waals surface area contributed by atoms with E-state index in [1.807, 2.05) is 0 Å². The maximum Gasteiger partial charge on any atom is 0.289 e. The van der Waals surface area contributed by atoms with Crippen molar-refractivity contribution in [1.82, 2.24) is 14.5 Å². The van der Waals surface area contributed by atoms with Crippen LogP contribution in [0.25, 0.3) is 0 Å². The molecule has 0 radical (unpaired) electrons. The number of rotatable bonds is 4. The quantitative estimate of drug-likeness (QED) is 0.626. The Morgan fingerprint density at radius 1 is 1.16 bits per heavy atom. The lowest BCUT2D eigenvalue weighted by atomic mass is 10.1. The lowest BCUT2D eigenvalue weighted by Crippen LogP contribution is -2.49. The molecule has 3 rings (SSSR count). The van der Waals surface area contributed by atoms with Crippen LogP contribution in [0.5, 0.6) is 0 Å². The molecular formula is C16H24N4O4S. The fourth-order valence-electron chi connectivity index (χ4n) is 3.54. The van der Waals surface area contributed by atoms with Gasteiger partial charge in [-0.05, 0) is 37.5 Å². The van der Waals surface area contributed by atoms with Gasteiger partial charge in [-0.15, -0.1) is 0 Å². The van der Waals surface area contributed by atoms with E-state index in [1.54, 1.807) is 13.8 Å². The van der Waals surface area contributed by atoms with Gasteiger partial charge in [0.05, 0.1) is 4.92 Å². The van der Waals surface area contributed by atoms with Gasteiger partial charge in [-0.3, -0.25) is 15.0 Å². The van der Waals surface area contributed by atoms with Crippen LogP contribution in [0, 0.1) is 24.0 Å². The molecular weight excluding hydrogens is 344 g/mol. The average Bonchev–Trinajstić information content (AvgIpc) is 3.08. The molecule has 0 aromatic heterocycles. The molecule has 2 aliphatic heterocycles. The molecule has 0 saturated carbocycles. The number of nitro groups is 1. The summed E-state index contributed by atoms with van der Waals surface area (Å²) in [5, 5.41) is 14.7. The van der Waals surface area contributed by atoms with Crippen molar-refractivity contribution in [3.05, 3.63) is 33.4 Å². The van der Waals surface area contributed by atoms with Crippen LogP contribution in [0.15, 0.2) is 17.0 Å². The number of benzene rings is 1. The Balaban J connectivity index is 1.87. The first kappa shape index (κ1) is 18.2. The third-order valence-corrected chi connectivity index (χ3v) is 7.08. The molecule has 1 unspecified atom stereocenters. The molecule has 2 fully saturated rings. The summed E-state index contributed by atoms with van der Waals surface area (Å²) in [6, 6.07) is 2.97. The van der Waals surface area contributed by atoms with E-state index in [9.17, 15) is 18.5 Å². The zero-order valence-corrected chi connectivity index (χ0v) is 15.4. The summed E-state index contributed by atoms with van der Waals surface area (Å²) in [7, 11) is -3.88. The van der Waals surface area contributed by atoms with Gasteiger partial charge in [-0.2, -0.15) is 4.31 Å². The lowest BCUT2D eigenvalue weighted by Gasteiger charge is -2.32. The van der Waals surface area contributed by atoms with Crippen molar-refractivity contribution in [3.63, 3.8) is 0 Å². The topological polar surface area (TPSA) is 95.8 Å². The fraction of sp³-hybridized carbons (Fsp3) is 0.625.